The van der Waals surface area contributed by atoms with Crippen LogP contribution < -0.4 is 14.8 Å². The molecule has 0 bridgehead atoms. The number of benzene rings is 1. The maximum atomic E-state index is 12.5. The van der Waals surface area contributed by atoms with Gasteiger partial charge in [0, 0.05) is 31.5 Å². The largest absolute Gasteiger partial charge is 0.493 e. The van der Waals surface area contributed by atoms with E-state index in [2.05, 4.69) is 16.4 Å². The van der Waals surface area contributed by atoms with Crippen molar-refractivity contribution in [3.05, 3.63) is 53.9 Å². The Balaban J connectivity index is 1.43. The van der Waals surface area contributed by atoms with Crippen LogP contribution in [0.2, 0.25) is 0 Å². The molecule has 0 unspecified atom stereocenters. The molecule has 6 nitrogen and oxygen atoms in total. The van der Waals surface area contributed by atoms with Gasteiger partial charge in [0.15, 0.2) is 11.5 Å². The summed E-state index contributed by atoms with van der Waals surface area (Å²) in [6, 6.07) is 11.9. The summed E-state index contributed by atoms with van der Waals surface area (Å²) in [5.74, 6) is 2.04. The second-order valence-corrected chi connectivity index (χ2v) is 7.09. The van der Waals surface area contributed by atoms with Crippen molar-refractivity contribution in [2.75, 3.05) is 33.9 Å². The first-order valence-corrected chi connectivity index (χ1v) is 9.83. The summed E-state index contributed by atoms with van der Waals surface area (Å²) < 4.78 is 10.8. The predicted molar refractivity (Wildman–Crippen MR) is 109 cm³/mol. The van der Waals surface area contributed by atoms with Gasteiger partial charge < -0.3 is 19.7 Å². The summed E-state index contributed by atoms with van der Waals surface area (Å²) in [5, 5.41) is 3.03. The van der Waals surface area contributed by atoms with Crippen LogP contribution in [0.3, 0.4) is 0 Å². The molecule has 2 heterocycles. The quantitative estimate of drug-likeness (QED) is 0.797. The van der Waals surface area contributed by atoms with E-state index in [-0.39, 0.29) is 6.03 Å². The third-order valence-electron chi connectivity index (χ3n) is 5.28. The number of hydrogen-bond donors (Lipinski definition) is 1. The van der Waals surface area contributed by atoms with Gasteiger partial charge in [-0.2, -0.15) is 0 Å². The average molecular weight is 383 g/mol. The number of nitrogens with zero attached hydrogens (tertiary/aromatic N) is 2. The number of nitrogens with one attached hydrogen (secondary N) is 1. The first-order valence-electron chi connectivity index (χ1n) is 9.83. The molecule has 28 heavy (non-hydrogen) atoms. The van der Waals surface area contributed by atoms with Crippen LogP contribution in [-0.2, 0) is 12.8 Å². The van der Waals surface area contributed by atoms with Gasteiger partial charge in [0.25, 0.3) is 0 Å². The van der Waals surface area contributed by atoms with Crippen LogP contribution >= 0.6 is 0 Å². The van der Waals surface area contributed by atoms with Crippen molar-refractivity contribution >= 4 is 6.03 Å². The second-order valence-electron chi connectivity index (χ2n) is 7.09. The Kier molecular flexibility index (Phi) is 7.12. The Morgan fingerprint density at radius 2 is 1.96 bits per heavy atom. The van der Waals surface area contributed by atoms with Gasteiger partial charge >= 0.3 is 6.03 Å². The number of urea groups is 1. The topological polar surface area (TPSA) is 63.7 Å². The number of carbonyl (C=O) groups is 1. The van der Waals surface area contributed by atoms with Crippen LogP contribution in [0, 0.1) is 5.92 Å². The third-order valence-corrected chi connectivity index (χ3v) is 5.28. The lowest BCUT2D eigenvalue weighted by Gasteiger charge is -2.32. The number of carbonyl (C=O) groups excluding carboxylic acids is 1. The Morgan fingerprint density at radius 3 is 2.64 bits per heavy atom. The summed E-state index contributed by atoms with van der Waals surface area (Å²) in [7, 11) is 3.26. The molecule has 1 saturated heterocycles. The van der Waals surface area contributed by atoms with E-state index in [9.17, 15) is 4.79 Å². The molecule has 6 heteroatoms. The van der Waals surface area contributed by atoms with Gasteiger partial charge in [0.1, 0.15) is 0 Å². The highest BCUT2D eigenvalue weighted by Gasteiger charge is 2.23. The van der Waals surface area contributed by atoms with Crippen LogP contribution in [0.25, 0.3) is 0 Å². The van der Waals surface area contributed by atoms with E-state index >= 15 is 0 Å². The zero-order valence-corrected chi connectivity index (χ0v) is 16.7. The number of ether oxygens (including phenoxy) is 2. The lowest BCUT2D eigenvalue weighted by molar-refractivity contribution is 0.170. The maximum Gasteiger partial charge on any atom is 0.317 e. The number of likely N-dealkylation sites (tertiary alicyclic amines) is 1. The number of hydrogen-bond acceptors (Lipinski definition) is 4. The minimum Gasteiger partial charge on any atom is -0.493 e. The number of para-hydroxylation sites is 1. The number of pyridine rings is 1. The van der Waals surface area contributed by atoms with E-state index in [0.717, 1.165) is 49.4 Å². The van der Waals surface area contributed by atoms with Gasteiger partial charge in [-0.05, 0) is 55.4 Å². The molecule has 1 fully saturated rings. The molecule has 0 aliphatic carbocycles. The van der Waals surface area contributed by atoms with E-state index in [0.29, 0.717) is 24.6 Å². The minimum absolute atomic E-state index is 0.0122. The zero-order valence-electron chi connectivity index (χ0n) is 16.7. The van der Waals surface area contributed by atoms with Crippen molar-refractivity contribution in [1.29, 1.82) is 0 Å². The van der Waals surface area contributed by atoms with Crippen LogP contribution in [0.4, 0.5) is 4.79 Å². The van der Waals surface area contributed by atoms with Crippen molar-refractivity contribution in [3.63, 3.8) is 0 Å². The highest BCUT2D eigenvalue weighted by atomic mass is 16.5. The van der Waals surface area contributed by atoms with Crippen molar-refractivity contribution in [1.82, 2.24) is 15.2 Å². The summed E-state index contributed by atoms with van der Waals surface area (Å²) in [5.41, 5.74) is 2.16. The first-order chi connectivity index (χ1) is 13.7. The molecule has 3 rings (SSSR count). The highest BCUT2D eigenvalue weighted by molar-refractivity contribution is 5.74. The molecule has 1 N–H and O–H groups in total. The highest BCUT2D eigenvalue weighted by Crippen LogP contribution is 2.30. The van der Waals surface area contributed by atoms with Gasteiger partial charge in [-0.1, -0.05) is 18.2 Å². The predicted octanol–water partition coefficient (Wildman–Crippen LogP) is 3.31. The minimum atomic E-state index is 0.0122. The fraction of sp³-hybridized carbons (Fsp3) is 0.455. The molecular weight excluding hydrogens is 354 g/mol. The summed E-state index contributed by atoms with van der Waals surface area (Å²) in [4.78, 5) is 18.8. The van der Waals surface area contributed by atoms with E-state index < -0.39 is 0 Å². The van der Waals surface area contributed by atoms with Gasteiger partial charge in [0.2, 0.25) is 0 Å². The lowest BCUT2D eigenvalue weighted by Crippen LogP contribution is -2.45. The van der Waals surface area contributed by atoms with Crippen LogP contribution in [0.15, 0.2) is 42.6 Å². The molecular formula is C22H29N3O3. The summed E-state index contributed by atoms with van der Waals surface area (Å²) in [6.45, 7) is 2.16. The molecule has 2 aromatic rings. The van der Waals surface area contributed by atoms with Crippen molar-refractivity contribution < 1.29 is 14.3 Å². The monoisotopic (exact) mass is 383 g/mol. The molecule has 1 aromatic heterocycles. The molecule has 0 radical (unpaired) electrons. The fourth-order valence-electron chi connectivity index (χ4n) is 3.72. The third kappa shape index (κ3) is 5.15. The number of methoxy groups -OCH3 is 2. The zero-order chi connectivity index (χ0) is 19.8. The first kappa shape index (κ1) is 20.0. The number of amides is 2. The normalized spacial score (nSPS) is 14.6. The van der Waals surface area contributed by atoms with Gasteiger partial charge in [0.05, 0.1) is 14.2 Å². The van der Waals surface area contributed by atoms with E-state index in [1.165, 1.54) is 0 Å². The Morgan fingerprint density at radius 1 is 1.14 bits per heavy atom. The molecule has 1 aliphatic heterocycles. The van der Waals surface area contributed by atoms with Crippen molar-refractivity contribution in [2.45, 2.75) is 25.7 Å². The maximum absolute atomic E-state index is 12.5. The molecule has 0 atom stereocenters. The summed E-state index contributed by atoms with van der Waals surface area (Å²) in [6.07, 6.45) is 5.57. The molecule has 2 amide bonds. The van der Waals surface area contributed by atoms with Crippen molar-refractivity contribution in [2.24, 2.45) is 5.92 Å². The molecule has 150 valence electrons. The van der Waals surface area contributed by atoms with Gasteiger partial charge in [-0.25, -0.2) is 4.79 Å². The molecule has 1 aromatic carbocycles. The number of piperidine rings is 1. The number of aromatic nitrogens is 1. The van der Waals surface area contributed by atoms with E-state index in [1.54, 1.807) is 14.2 Å². The van der Waals surface area contributed by atoms with Crippen LogP contribution in [-0.4, -0.2) is 49.8 Å². The smallest absolute Gasteiger partial charge is 0.317 e. The molecule has 0 spiro atoms. The second kappa shape index (κ2) is 9.97. The molecule has 1 aliphatic rings. The average Bonchev–Trinajstić information content (AvgIpc) is 2.74. The number of rotatable bonds is 7. The fourth-order valence-corrected chi connectivity index (χ4v) is 3.72. The summed E-state index contributed by atoms with van der Waals surface area (Å²) >= 11 is 0. The lowest BCUT2D eigenvalue weighted by atomic mass is 9.92. The Labute approximate surface area is 166 Å². The van der Waals surface area contributed by atoms with E-state index in [1.807, 2.05) is 41.4 Å². The van der Waals surface area contributed by atoms with Gasteiger partial charge in [-0.15, -0.1) is 0 Å². The van der Waals surface area contributed by atoms with Crippen LogP contribution in [0.1, 0.15) is 24.1 Å². The Bertz CT molecular complexity index is 759. The molecule has 0 saturated carbocycles. The standard InChI is InChI=1S/C22H29N3O3/c1-27-20-8-5-6-18(21(20)28-2)9-13-24-22(26)25-14-10-17(11-15-25)16-19-7-3-4-12-23-19/h3-8,12,17H,9-11,13-16H2,1-2H3,(H,24,26). The van der Waals surface area contributed by atoms with Crippen molar-refractivity contribution in [3.8, 4) is 11.5 Å². The SMILES string of the molecule is COc1cccc(CCNC(=O)N2CCC(Cc3ccccn3)CC2)c1OC. The van der Waals surface area contributed by atoms with Gasteiger partial charge in [-0.3, -0.25) is 4.98 Å². The van der Waals surface area contributed by atoms with E-state index in [4.69, 9.17) is 9.47 Å². The van der Waals surface area contributed by atoms with Crippen LogP contribution in [0.5, 0.6) is 11.5 Å². The Hall–Kier alpha value is -2.76.